The topological polar surface area (TPSA) is 70.8 Å². The number of hydrogen-bond donors (Lipinski definition) is 1. The lowest BCUT2D eigenvalue weighted by Gasteiger charge is -2.18. The van der Waals surface area contributed by atoms with Crippen LogP contribution in [0.3, 0.4) is 0 Å². The van der Waals surface area contributed by atoms with Crippen LogP contribution in [0.5, 0.6) is 0 Å². The zero-order valence-corrected chi connectivity index (χ0v) is 12.5. The Bertz CT molecular complexity index is 594. The van der Waals surface area contributed by atoms with Gasteiger partial charge in [-0.25, -0.2) is 4.79 Å². The van der Waals surface area contributed by atoms with Crippen LogP contribution in [0.4, 0.5) is 0 Å². The van der Waals surface area contributed by atoms with Crippen LogP contribution in [0.15, 0.2) is 22.6 Å². The monoisotopic (exact) mass is 307 g/mol. The molecule has 0 spiro atoms. The average Bonchev–Trinajstić information content (AvgIpc) is 2.90. The van der Waals surface area contributed by atoms with Gasteiger partial charge in [0, 0.05) is 17.7 Å². The Morgan fingerprint density at radius 3 is 2.90 bits per heavy atom. The van der Waals surface area contributed by atoms with E-state index in [1.165, 1.54) is 22.7 Å². The Hall–Kier alpha value is -1.69. The highest BCUT2D eigenvalue weighted by Gasteiger charge is 2.36. The standard InChI is InChI=1S/C15H17NO4S/c1-9-6-11(9)13-4-2-10(20-13)3-5-14(17)16-8-21-7-12(16)15(18)19/h2-5,9,11-12H,6-8H2,1H3,(H,18,19)/b5-3+/t9?,11?,12-/m0/s1. The van der Waals surface area contributed by atoms with E-state index in [4.69, 9.17) is 9.52 Å². The first-order valence-corrected chi connectivity index (χ1v) is 8.10. The Balaban J connectivity index is 1.64. The van der Waals surface area contributed by atoms with Gasteiger partial charge in [0.25, 0.3) is 0 Å². The van der Waals surface area contributed by atoms with Crippen molar-refractivity contribution >= 4 is 29.7 Å². The summed E-state index contributed by atoms with van der Waals surface area (Å²) in [5, 5.41) is 9.06. The van der Waals surface area contributed by atoms with Crippen LogP contribution in [-0.4, -0.2) is 39.6 Å². The van der Waals surface area contributed by atoms with E-state index in [0.29, 0.717) is 29.2 Å². The molecule has 0 aromatic carbocycles. The average molecular weight is 307 g/mol. The van der Waals surface area contributed by atoms with Gasteiger partial charge in [-0.05, 0) is 30.5 Å². The van der Waals surface area contributed by atoms with Gasteiger partial charge in [0.15, 0.2) is 0 Å². The van der Waals surface area contributed by atoms with Gasteiger partial charge in [-0.1, -0.05) is 6.92 Å². The molecule has 1 N–H and O–H groups in total. The molecule has 112 valence electrons. The number of amides is 1. The zero-order valence-electron chi connectivity index (χ0n) is 11.7. The molecule has 1 saturated heterocycles. The number of nitrogens with zero attached hydrogens (tertiary/aromatic N) is 1. The van der Waals surface area contributed by atoms with Crippen LogP contribution in [0, 0.1) is 5.92 Å². The lowest BCUT2D eigenvalue weighted by molar-refractivity contribution is -0.146. The predicted octanol–water partition coefficient (Wildman–Crippen LogP) is 2.40. The number of carbonyl (C=O) groups excluding carboxylic acids is 1. The molecule has 1 aliphatic heterocycles. The Labute approximate surface area is 127 Å². The quantitative estimate of drug-likeness (QED) is 0.865. The van der Waals surface area contributed by atoms with E-state index in [1.807, 2.05) is 12.1 Å². The smallest absolute Gasteiger partial charge is 0.327 e. The van der Waals surface area contributed by atoms with E-state index in [9.17, 15) is 9.59 Å². The number of carboxylic acids is 1. The third-order valence-electron chi connectivity index (χ3n) is 3.96. The van der Waals surface area contributed by atoms with E-state index in [0.717, 1.165) is 12.2 Å². The van der Waals surface area contributed by atoms with Crippen molar-refractivity contribution < 1.29 is 19.1 Å². The summed E-state index contributed by atoms with van der Waals surface area (Å²) in [6.07, 6.45) is 4.16. The molecule has 1 saturated carbocycles. The highest BCUT2D eigenvalue weighted by molar-refractivity contribution is 7.99. The van der Waals surface area contributed by atoms with E-state index >= 15 is 0 Å². The molecule has 3 rings (SSSR count). The fourth-order valence-electron chi connectivity index (χ4n) is 2.49. The molecule has 6 heteroatoms. The van der Waals surface area contributed by atoms with Crippen molar-refractivity contribution in [3.8, 4) is 0 Å². The molecule has 2 unspecified atom stereocenters. The summed E-state index contributed by atoms with van der Waals surface area (Å²) in [5.74, 6) is 2.41. The molecular weight excluding hydrogens is 290 g/mol. The predicted molar refractivity (Wildman–Crippen MR) is 79.9 cm³/mol. The van der Waals surface area contributed by atoms with Gasteiger partial charge in [-0.15, -0.1) is 11.8 Å². The highest BCUT2D eigenvalue weighted by atomic mass is 32.2. The van der Waals surface area contributed by atoms with Crippen LogP contribution in [0.2, 0.25) is 0 Å². The molecule has 0 radical (unpaired) electrons. The number of furan rings is 1. The summed E-state index contributed by atoms with van der Waals surface area (Å²) in [5.41, 5.74) is 0. The van der Waals surface area contributed by atoms with Crippen LogP contribution >= 0.6 is 11.8 Å². The summed E-state index contributed by atoms with van der Waals surface area (Å²) < 4.78 is 5.69. The van der Waals surface area contributed by atoms with Crippen LogP contribution < -0.4 is 0 Å². The molecule has 2 aliphatic rings. The summed E-state index contributed by atoms with van der Waals surface area (Å²) in [6.45, 7) is 2.18. The number of rotatable bonds is 4. The van der Waals surface area contributed by atoms with Crippen molar-refractivity contribution in [2.24, 2.45) is 5.92 Å². The number of thioether (sulfide) groups is 1. The fourth-order valence-corrected chi connectivity index (χ4v) is 3.64. The third-order valence-corrected chi connectivity index (χ3v) is 4.98. The van der Waals surface area contributed by atoms with Crippen molar-refractivity contribution in [2.75, 3.05) is 11.6 Å². The largest absolute Gasteiger partial charge is 0.480 e. The maximum atomic E-state index is 12.1. The van der Waals surface area contributed by atoms with Crippen molar-refractivity contribution in [1.82, 2.24) is 4.90 Å². The number of hydrogen-bond acceptors (Lipinski definition) is 4. The van der Waals surface area contributed by atoms with Gasteiger partial charge in [-0.3, -0.25) is 4.79 Å². The maximum absolute atomic E-state index is 12.1. The molecule has 1 aliphatic carbocycles. The van der Waals surface area contributed by atoms with E-state index < -0.39 is 12.0 Å². The van der Waals surface area contributed by atoms with Crippen molar-refractivity contribution in [3.63, 3.8) is 0 Å². The van der Waals surface area contributed by atoms with Gasteiger partial charge in [0.2, 0.25) is 5.91 Å². The summed E-state index contributed by atoms with van der Waals surface area (Å²) in [6, 6.07) is 3.06. The number of carboxylic acid groups (broad SMARTS) is 1. The maximum Gasteiger partial charge on any atom is 0.327 e. The molecule has 3 atom stereocenters. The molecule has 5 nitrogen and oxygen atoms in total. The number of aliphatic carboxylic acids is 1. The molecule has 1 aromatic heterocycles. The van der Waals surface area contributed by atoms with Gasteiger partial charge in [0.05, 0.1) is 5.88 Å². The Kier molecular flexibility index (Phi) is 3.80. The summed E-state index contributed by atoms with van der Waals surface area (Å²) in [4.78, 5) is 24.5. The zero-order chi connectivity index (χ0) is 15.0. The SMILES string of the molecule is CC1CC1c1ccc(/C=C/C(=O)N2CSC[C@H]2C(=O)O)o1. The van der Waals surface area contributed by atoms with Crippen LogP contribution in [0.1, 0.15) is 30.8 Å². The molecule has 2 heterocycles. The molecule has 1 amide bonds. The highest BCUT2D eigenvalue weighted by Crippen LogP contribution is 2.47. The second-order valence-corrected chi connectivity index (χ2v) is 6.55. The first-order valence-electron chi connectivity index (χ1n) is 6.95. The second-order valence-electron chi connectivity index (χ2n) is 5.55. The minimum atomic E-state index is -0.954. The molecule has 0 bridgehead atoms. The van der Waals surface area contributed by atoms with Crippen molar-refractivity contribution in [2.45, 2.75) is 25.3 Å². The minimum absolute atomic E-state index is 0.287. The van der Waals surface area contributed by atoms with Gasteiger partial charge in [0.1, 0.15) is 17.6 Å². The lowest BCUT2D eigenvalue weighted by atomic mass is 10.2. The van der Waals surface area contributed by atoms with E-state index in [1.54, 1.807) is 6.08 Å². The Morgan fingerprint density at radius 1 is 1.48 bits per heavy atom. The molecule has 2 fully saturated rings. The van der Waals surface area contributed by atoms with Crippen LogP contribution in [0.25, 0.3) is 6.08 Å². The van der Waals surface area contributed by atoms with Crippen molar-refractivity contribution in [3.05, 3.63) is 29.7 Å². The summed E-state index contributed by atoms with van der Waals surface area (Å²) >= 11 is 1.45. The minimum Gasteiger partial charge on any atom is -0.480 e. The molecule has 21 heavy (non-hydrogen) atoms. The first kappa shape index (κ1) is 14.3. The van der Waals surface area contributed by atoms with Crippen LogP contribution in [-0.2, 0) is 9.59 Å². The van der Waals surface area contributed by atoms with E-state index in [-0.39, 0.29) is 5.91 Å². The van der Waals surface area contributed by atoms with Gasteiger partial charge in [-0.2, -0.15) is 0 Å². The molecular formula is C15H17NO4S. The lowest BCUT2D eigenvalue weighted by Crippen LogP contribution is -2.40. The van der Waals surface area contributed by atoms with Crippen molar-refractivity contribution in [1.29, 1.82) is 0 Å². The molecule has 1 aromatic rings. The fraction of sp³-hybridized carbons (Fsp3) is 0.467. The van der Waals surface area contributed by atoms with Gasteiger partial charge < -0.3 is 14.4 Å². The summed E-state index contributed by atoms with van der Waals surface area (Å²) in [7, 11) is 0. The van der Waals surface area contributed by atoms with E-state index in [2.05, 4.69) is 6.92 Å². The number of carbonyl (C=O) groups is 2. The normalized spacial score (nSPS) is 28.2. The van der Waals surface area contributed by atoms with Gasteiger partial charge >= 0.3 is 5.97 Å². The second kappa shape index (κ2) is 5.60. The first-order chi connectivity index (χ1) is 10.1. The Morgan fingerprint density at radius 2 is 2.24 bits per heavy atom. The third kappa shape index (κ3) is 3.00.